The minimum atomic E-state index is -0.0981. The van der Waals surface area contributed by atoms with Crippen molar-refractivity contribution in [2.45, 2.75) is 23.9 Å². The van der Waals surface area contributed by atoms with Gasteiger partial charge in [0.2, 0.25) is 5.78 Å². The number of methoxy groups -OCH3 is 1. The number of para-hydroxylation sites is 2. The summed E-state index contributed by atoms with van der Waals surface area (Å²) in [5.74, 6) is 1.25. The Morgan fingerprint density at radius 3 is 2.47 bits per heavy atom. The van der Waals surface area contributed by atoms with Gasteiger partial charge < -0.3 is 4.74 Å². The van der Waals surface area contributed by atoms with Gasteiger partial charge >= 0.3 is 0 Å². The van der Waals surface area contributed by atoms with Gasteiger partial charge in [-0.05, 0) is 30.7 Å². The van der Waals surface area contributed by atoms with Crippen LogP contribution >= 0.6 is 11.8 Å². The molecule has 0 saturated carbocycles. The van der Waals surface area contributed by atoms with Crippen LogP contribution in [0.2, 0.25) is 0 Å². The van der Waals surface area contributed by atoms with Crippen molar-refractivity contribution in [2.24, 2.45) is 0 Å². The summed E-state index contributed by atoms with van der Waals surface area (Å²) in [5, 5.41) is 10.5. The lowest BCUT2D eigenvalue weighted by Crippen LogP contribution is -2.24. The van der Waals surface area contributed by atoms with Crippen LogP contribution in [0.15, 0.2) is 88.8 Å². The second-order valence-electron chi connectivity index (χ2n) is 7.51. The highest BCUT2D eigenvalue weighted by atomic mass is 32.2. The zero-order valence-electron chi connectivity index (χ0n) is 17.8. The van der Waals surface area contributed by atoms with E-state index in [1.807, 2.05) is 71.1 Å². The van der Waals surface area contributed by atoms with E-state index in [4.69, 9.17) is 4.74 Å². The number of hydrogen-bond donors (Lipinski definition) is 0. The maximum absolute atomic E-state index is 13.4. The average Bonchev–Trinajstić information content (AvgIpc) is 3.26. The summed E-state index contributed by atoms with van der Waals surface area (Å²) in [4.78, 5) is 13.4. The lowest BCUT2D eigenvalue weighted by atomic mass is 10.2. The van der Waals surface area contributed by atoms with Crippen LogP contribution < -0.4 is 10.3 Å². The van der Waals surface area contributed by atoms with Crippen molar-refractivity contribution in [3.8, 4) is 5.75 Å². The fraction of sp³-hybridized carbons (Fsp3) is 0.160. The zero-order valence-corrected chi connectivity index (χ0v) is 18.6. The molecule has 5 aromatic rings. The van der Waals surface area contributed by atoms with Gasteiger partial charge in [-0.25, -0.2) is 0 Å². The van der Waals surface area contributed by atoms with Crippen LogP contribution in [0.5, 0.6) is 5.75 Å². The average molecular weight is 443 g/mol. The van der Waals surface area contributed by atoms with Crippen molar-refractivity contribution >= 4 is 28.4 Å². The molecule has 32 heavy (non-hydrogen) atoms. The van der Waals surface area contributed by atoms with Crippen molar-refractivity contribution in [1.82, 2.24) is 19.2 Å². The lowest BCUT2D eigenvalue weighted by Gasteiger charge is -2.14. The second kappa shape index (κ2) is 8.51. The molecule has 1 unspecified atom stereocenters. The third-order valence-electron chi connectivity index (χ3n) is 5.55. The summed E-state index contributed by atoms with van der Waals surface area (Å²) in [6, 6.07) is 25.6. The Morgan fingerprint density at radius 2 is 1.66 bits per heavy atom. The smallest absolute Gasteiger partial charge is 0.263 e. The standard InChI is InChI=1S/C25H22N4O2S/c1-17(18-10-4-3-5-11-18)32-25-27-26-24-28(16-19-12-6-9-15-22(19)31-2)23(30)20-13-7-8-14-21(20)29(24)25/h3-15,17H,16H2,1-2H3. The monoisotopic (exact) mass is 442 g/mol. The molecule has 6 nitrogen and oxygen atoms in total. The molecule has 0 spiro atoms. The molecular weight excluding hydrogens is 420 g/mol. The van der Waals surface area contributed by atoms with Crippen LogP contribution in [0.25, 0.3) is 16.7 Å². The third-order valence-corrected chi connectivity index (χ3v) is 6.65. The van der Waals surface area contributed by atoms with Crippen molar-refractivity contribution in [3.05, 3.63) is 100 Å². The van der Waals surface area contributed by atoms with Gasteiger partial charge in [0.05, 0.1) is 24.6 Å². The maximum Gasteiger partial charge on any atom is 0.263 e. The van der Waals surface area contributed by atoms with Gasteiger partial charge in [0.25, 0.3) is 5.56 Å². The molecule has 160 valence electrons. The Morgan fingerprint density at radius 1 is 0.938 bits per heavy atom. The first-order valence-electron chi connectivity index (χ1n) is 10.4. The molecule has 0 amide bonds. The number of nitrogens with zero attached hydrogens (tertiary/aromatic N) is 4. The molecule has 0 radical (unpaired) electrons. The van der Waals surface area contributed by atoms with E-state index in [1.54, 1.807) is 23.4 Å². The quantitative estimate of drug-likeness (QED) is 0.348. The first kappa shape index (κ1) is 20.3. The first-order valence-corrected chi connectivity index (χ1v) is 11.3. The van der Waals surface area contributed by atoms with Crippen molar-refractivity contribution in [3.63, 3.8) is 0 Å². The van der Waals surface area contributed by atoms with Gasteiger partial charge in [-0.15, -0.1) is 10.2 Å². The van der Waals surface area contributed by atoms with E-state index in [2.05, 4.69) is 29.3 Å². The van der Waals surface area contributed by atoms with Crippen molar-refractivity contribution in [1.29, 1.82) is 0 Å². The maximum atomic E-state index is 13.4. The van der Waals surface area contributed by atoms with E-state index >= 15 is 0 Å². The summed E-state index contributed by atoms with van der Waals surface area (Å²) >= 11 is 1.63. The van der Waals surface area contributed by atoms with E-state index in [0.29, 0.717) is 17.7 Å². The molecule has 0 aliphatic rings. The number of hydrogen-bond acceptors (Lipinski definition) is 5. The fourth-order valence-corrected chi connectivity index (χ4v) is 4.89. The highest BCUT2D eigenvalue weighted by Crippen LogP contribution is 2.34. The summed E-state index contributed by atoms with van der Waals surface area (Å²) in [6.07, 6.45) is 0. The van der Waals surface area contributed by atoms with Crippen molar-refractivity contribution in [2.75, 3.05) is 7.11 Å². The highest BCUT2D eigenvalue weighted by Gasteiger charge is 2.19. The number of ether oxygens (including phenoxy) is 1. The Balaban J connectivity index is 1.68. The predicted octanol–water partition coefficient (Wildman–Crippen LogP) is 4.95. The lowest BCUT2D eigenvalue weighted by molar-refractivity contribution is 0.408. The van der Waals surface area contributed by atoms with Gasteiger partial charge in [-0.3, -0.25) is 13.8 Å². The van der Waals surface area contributed by atoms with E-state index in [-0.39, 0.29) is 10.8 Å². The summed E-state index contributed by atoms with van der Waals surface area (Å²) in [6.45, 7) is 2.49. The normalized spacial score (nSPS) is 12.3. The minimum Gasteiger partial charge on any atom is -0.496 e. The fourth-order valence-electron chi connectivity index (χ4n) is 3.91. The molecule has 2 heterocycles. The number of benzene rings is 3. The second-order valence-corrected chi connectivity index (χ2v) is 8.82. The van der Waals surface area contributed by atoms with Crippen LogP contribution in [0.4, 0.5) is 0 Å². The Labute approximate surface area is 189 Å². The molecule has 0 aliphatic carbocycles. The molecule has 3 aromatic carbocycles. The van der Waals surface area contributed by atoms with Gasteiger partial charge in [0.1, 0.15) is 5.75 Å². The number of aromatic nitrogens is 4. The molecule has 0 N–H and O–H groups in total. The summed E-state index contributed by atoms with van der Waals surface area (Å²) < 4.78 is 9.15. The first-order chi connectivity index (χ1) is 15.7. The molecule has 1 atom stereocenters. The topological polar surface area (TPSA) is 61.4 Å². The van der Waals surface area contributed by atoms with E-state index in [0.717, 1.165) is 22.0 Å². The Hall–Kier alpha value is -3.58. The van der Waals surface area contributed by atoms with Gasteiger partial charge in [-0.2, -0.15) is 0 Å². The third kappa shape index (κ3) is 3.54. The highest BCUT2D eigenvalue weighted by molar-refractivity contribution is 7.99. The molecule has 2 aromatic heterocycles. The summed E-state index contributed by atoms with van der Waals surface area (Å²) in [5.41, 5.74) is 2.82. The largest absolute Gasteiger partial charge is 0.496 e. The zero-order chi connectivity index (χ0) is 22.1. The van der Waals surface area contributed by atoms with Gasteiger partial charge in [-0.1, -0.05) is 72.4 Å². The molecule has 0 saturated heterocycles. The number of thioether (sulfide) groups is 1. The Bertz CT molecular complexity index is 1460. The molecule has 0 bridgehead atoms. The molecular formula is C25H22N4O2S. The van der Waals surface area contributed by atoms with Crippen LogP contribution in [-0.4, -0.2) is 26.3 Å². The Kier molecular flexibility index (Phi) is 5.41. The SMILES string of the molecule is COc1ccccc1Cn1c(=O)c2ccccc2n2c(SC(C)c3ccccc3)nnc12. The van der Waals surface area contributed by atoms with Crippen LogP contribution in [0, 0.1) is 0 Å². The van der Waals surface area contributed by atoms with E-state index in [9.17, 15) is 4.79 Å². The molecule has 0 aliphatic heterocycles. The van der Waals surface area contributed by atoms with Crippen LogP contribution in [0.3, 0.4) is 0 Å². The molecule has 0 fully saturated rings. The molecule has 7 heteroatoms. The van der Waals surface area contributed by atoms with Gasteiger partial charge in [0, 0.05) is 10.8 Å². The molecule has 5 rings (SSSR count). The van der Waals surface area contributed by atoms with E-state index < -0.39 is 0 Å². The minimum absolute atomic E-state index is 0.0981. The predicted molar refractivity (Wildman–Crippen MR) is 128 cm³/mol. The van der Waals surface area contributed by atoms with Gasteiger partial charge in [0.15, 0.2) is 5.16 Å². The number of fused-ring (bicyclic) bond motifs is 3. The van der Waals surface area contributed by atoms with Crippen LogP contribution in [-0.2, 0) is 6.54 Å². The van der Waals surface area contributed by atoms with E-state index in [1.165, 1.54) is 5.56 Å². The summed E-state index contributed by atoms with van der Waals surface area (Å²) in [7, 11) is 1.63. The van der Waals surface area contributed by atoms with Crippen LogP contribution in [0.1, 0.15) is 23.3 Å². The number of rotatable bonds is 6. The van der Waals surface area contributed by atoms with Crippen molar-refractivity contribution < 1.29 is 4.74 Å².